The molecule has 4 nitrogen and oxygen atoms in total. The van der Waals surface area contributed by atoms with Gasteiger partial charge in [-0.15, -0.1) is 0 Å². The predicted octanol–water partition coefficient (Wildman–Crippen LogP) is 4.64. The van der Waals surface area contributed by atoms with Gasteiger partial charge in [-0.2, -0.15) is 0 Å². The van der Waals surface area contributed by atoms with Crippen molar-refractivity contribution >= 4 is 35.8 Å². The Morgan fingerprint density at radius 2 is 2.04 bits per heavy atom. The molecule has 2 rings (SSSR count). The van der Waals surface area contributed by atoms with Gasteiger partial charge in [0, 0.05) is 16.8 Å². The van der Waals surface area contributed by atoms with Crippen LogP contribution in [0.15, 0.2) is 41.4 Å². The number of esters is 1. The molecule has 0 radical (unpaired) electrons. The summed E-state index contributed by atoms with van der Waals surface area (Å²) in [4.78, 5) is 27.1. The zero-order chi connectivity index (χ0) is 17.5. The Balaban J connectivity index is 2.30. The van der Waals surface area contributed by atoms with Gasteiger partial charge in [-0.3, -0.25) is 9.79 Å². The van der Waals surface area contributed by atoms with Crippen LogP contribution in [0.4, 0.5) is 5.69 Å². The number of aryl methyl sites for hydroxylation is 1. The summed E-state index contributed by atoms with van der Waals surface area (Å²) in [7, 11) is 1.30. The second kappa shape index (κ2) is 8.41. The first-order valence-corrected chi connectivity index (χ1v) is 7.97. The van der Waals surface area contributed by atoms with E-state index in [1.165, 1.54) is 13.2 Å². The molecular formula is C19H18ClNO3. The van der Waals surface area contributed by atoms with Gasteiger partial charge in [-0.1, -0.05) is 31.0 Å². The molecule has 2 aromatic rings. The van der Waals surface area contributed by atoms with Gasteiger partial charge in [-0.05, 0) is 47.9 Å². The topological polar surface area (TPSA) is 55.7 Å². The molecule has 24 heavy (non-hydrogen) atoms. The van der Waals surface area contributed by atoms with E-state index in [2.05, 4.69) is 16.7 Å². The van der Waals surface area contributed by atoms with Crippen LogP contribution in [-0.4, -0.2) is 25.6 Å². The van der Waals surface area contributed by atoms with E-state index in [-0.39, 0.29) is 0 Å². The van der Waals surface area contributed by atoms with Crippen molar-refractivity contribution in [2.45, 2.75) is 19.8 Å². The molecule has 0 amide bonds. The third kappa shape index (κ3) is 4.30. The molecule has 124 valence electrons. The van der Waals surface area contributed by atoms with Gasteiger partial charge in [0.2, 0.25) is 0 Å². The number of aliphatic imine (C=N–C) groups is 1. The number of hydrogen-bond donors (Lipinski definition) is 0. The van der Waals surface area contributed by atoms with Gasteiger partial charge in [0.05, 0.1) is 18.4 Å². The highest BCUT2D eigenvalue weighted by Crippen LogP contribution is 2.21. The number of carbonyl (C=O) groups is 2. The first-order chi connectivity index (χ1) is 11.6. The second-order valence-corrected chi connectivity index (χ2v) is 5.65. The molecule has 0 spiro atoms. The molecule has 0 aromatic heterocycles. The number of rotatable bonds is 6. The molecule has 0 heterocycles. The van der Waals surface area contributed by atoms with E-state index in [0.717, 1.165) is 29.0 Å². The number of carbonyl (C=O) groups excluding carboxylic acids is 2. The summed E-state index contributed by atoms with van der Waals surface area (Å²) < 4.78 is 4.65. The fourth-order valence-corrected chi connectivity index (χ4v) is 2.50. The smallest absolute Gasteiger partial charge is 0.337 e. The summed E-state index contributed by atoms with van der Waals surface area (Å²) in [6.45, 7) is 2.09. The maximum Gasteiger partial charge on any atom is 0.337 e. The number of hydrogen-bond acceptors (Lipinski definition) is 4. The van der Waals surface area contributed by atoms with Crippen molar-refractivity contribution in [1.82, 2.24) is 0 Å². The van der Waals surface area contributed by atoms with Crippen LogP contribution in [-0.2, 0) is 11.2 Å². The highest BCUT2D eigenvalue weighted by molar-refractivity contribution is 6.31. The molecule has 0 atom stereocenters. The minimum atomic E-state index is -0.490. The van der Waals surface area contributed by atoms with Crippen molar-refractivity contribution < 1.29 is 14.3 Å². The first-order valence-electron chi connectivity index (χ1n) is 7.59. The molecule has 5 heteroatoms. The summed E-state index contributed by atoms with van der Waals surface area (Å²) >= 11 is 6.17. The summed E-state index contributed by atoms with van der Waals surface area (Å²) in [6, 6.07) is 10.4. The summed E-state index contributed by atoms with van der Waals surface area (Å²) in [5, 5.41) is 0.741. The Morgan fingerprint density at radius 1 is 1.25 bits per heavy atom. The molecule has 0 saturated carbocycles. The van der Waals surface area contributed by atoms with E-state index >= 15 is 0 Å². The van der Waals surface area contributed by atoms with Crippen LogP contribution in [0.2, 0.25) is 5.02 Å². The van der Waals surface area contributed by atoms with Crippen LogP contribution < -0.4 is 0 Å². The van der Waals surface area contributed by atoms with Gasteiger partial charge < -0.3 is 4.74 Å². The van der Waals surface area contributed by atoms with Crippen molar-refractivity contribution in [3.63, 3.8) is 0 Å². The highest BCUT2D eigenvalue weighted by atomic mass is 35.5. The van der Waals surface area contributed by atoms with Gasteiger partial charge in [0.25, 0.3) is 0 Å². The predicted molar refractivity (Wildman–Crippen MR) is 95.9 cm³/mol. The normalized spacial score (nSPS) is 10.8. The Labute approximate surface area is 146 Å². The second-order valence-electron chi connectivity index (χ2n) is 5.24. The average molecular weight is 344 g/mol. The average Bonchev–Trinajstić information content (AvgIpc) is 2.61. The summed E-state index contributed by atoms with van der Waals surface area (Å²) in [5.41, 5.74) is 3.10. The maximum atomic E-state index is 11.5. The highest BCUT2D eigenvalue weighted by Gasteiger charge is 2.09. The lowest BCUT2D eigenvalue weighted by Gasteiger charge is -2.05. The van der Waals surface area contributed by atoms with Crippen LogP contribution >= 0.6 is 11.6 Å². The quantitative estimate of drug-likeness (QED) is 0.436. The largest absolute Gasteiger partial charge is 0.465 e. The van der Waals surface area contributed by atoms with Gasteiger partial charge in [-0.25, -0.2) is 4.79 Å². The third-order valence-corrected chi connectivity index (χ3v) is 3.89. The maximum absolute atomic E-state index is 11.5. The van der Waals surface area contributed by atoms with E-state index in [1.54, 1.807) is 18.3 Å². The number of halogens is 1. The van der Waals surface area contributed by atoms with Crippen LogP contribution in [0, 0.1) is 0 Å². The zero-order valence-corrected chi connectivity index (χ0v) is 14.3. The Hall–Kier alpha value is -2.46. The lowest BCUT2D eigenvalue weighted by molar-refractivity contribution is 0.0601. The van der Waals surface area contributed by atoms with Crippen molar-refractivity contribution in [3.05, 3.63) is 63.7 Å². The minimum absolute atomic E-state index is 0.315. The standard InChI is InChI=1S/C19H18ClNO3/c1-3-4-14-9-13(5-7-17(14)20)11-21-18-8-6-15(19(23)24-2)10-16(18)12-22/h5-12H,3-4H2,1-2H3. The monoisotopic (exact) mass is 343 g/mol. The fourth-order valence-electron chi connectivity index (χ4n) is 2.29. The van der Waals surface area contributed by atoms with Crippen molar-refractivity contribution in [1.29, 1.82) is 0 Å². The number of ether oxygens (including phenoxy) is 1. The molecule has 0 aliphatic heterocycles. The van der Waals surface area contributed by atoms with Gasteiger partial charge >= 0.3 is 5.97 Å². The summed E-state index contributed by atoms with van der Waals surface area (Å²) in [5.74, 6) is -0.490. The molecule has 0 fully saturated rings. The Bertz CT molecular complexity index is 784. The van der Waals surface area contributed by atoms with Crippen LogP contribution in [0.5, 0.6) is 0 Å². The summed E-state index contributed by atoms with van der Waals surface area (Å²) in [6.07, 6.45) is 4.25. The van der Waals surface area contributed by atoms with Crippen LogP contribution in [0.3, 0.4) is 0 Å². The van der Waals surface area contributed by atoms with Crippen molar-refractivity contribution in [2.24, 2.45) is 4.99 Å². The van der Waals surface area contributed by atoms with Crippen molar-refractivity contribution in [2.75, 3.05) is 7.11 Å². The van der Waals surface area contributed by atoms with E-state index in [1.807, 2.05) is 18.2 Å². The minimum Gasteiger partial charge on any atom is -0.465 e. The lowest BCUT2D eigenvalue weighted by atomic mass is 10.1. The zero-order valence-electron chi connectivity index (χ0n) is 13.6. The molecule has 0 unspecified atom stereocenters. The van der Waals surface area contributed by atoms with Gasteiger partial charge in [0.15, 0.2) is 6.29 Å². The Kier molecular flexibility index (Phi) is 6.27. The Morgan fingerprint density at radius 3 is 2.71 bits per heavy atom. The molecule has 0 saturated heterocycles. The lowest BCUT2D eigenvalue weighted by Crippen LogP contribution is -2.01. The molecular weight excluding hydrogens is 326 g/mol. The molecule has 0 aliphatic carbocycles. The number of methoxy groups -OCH3 is 1. The van der Waals surface area contributed by atoms with Crippen LogP contribution in [0.25, 0.3) is 0 Å². The molecule has 0 aliphatic rings. The molecule has 0 N–H and O–H groups in total. The number of benzene rings is 2. The van der Waals surface area contributed by atoms with Gasteiger partial charge in [0.1, 0.15) is 0 Å². The van der Waals surface area contributed by atoms with E-state index in [4.69, 9.17) is 11.6 Å². The van der Waals surface area contributed by atoms with E-state index in [0.29, 0.717) is 23.1 Å². The van der Waals surface area contributed by atoms with E-state index in [9.17, 15) is 9.59 Å². The van der Waals surface area contributed by atoms with Crippen LogP contribution in [0.1, 0.15) is 45.2 Å². The van der Waals surface area contributed by atoms with E-state index < -0.39 is 5.97 Å². The molecule has 0 bridgehead atoms. The fraction of sp³-hybridized carbons (Fsp3) is 0.211. The first kappa shape index (κ1) is 17.9. The van der Waals surface area contributed by atoms with Crippen molar-refractivity contribution in [3.8, 4) is 0 Å². The SMILES string of the molecule is CCCc1cc(C=Nc2ccc(C(=O)OC)cc2C=O)ccc1Cl. The third-order valence-electron chi connectivity index (χ3n) is 3.52. The number of aldehydes is 1. The number of nitrogens with zero attached hydrogens (tertiary/aromatic N) is 1. The molecule has 2 aromatic carbocycles.